The van der Waals surface area contributed by atoms with Crippen LogP contribution in [0.5, 0.6) is 0 Å². The number of dihydropyridines is 1. The van der Waals surface area contributed by atoms with Crippen molar-refractivity contribution >= 4 is 58.2 Å². The molecular weight excluding hydrogens is 555 g/mol. The number of halogens is 2. The number of amides is 2. The summed E-state index contributed by atoms with van der Waals surface area (Å²) in [5.74, 6) is -1.01. The third kappa shape index (κ3) is 6.17. The molecule has 0 bridgehead atoms. The Morgan fingerprint density at radius 2 is 1.79 bits per heavy atom. The van der Waals surface area contributed by atoms with Crippen LogP contribution in [0.2, 0.25) is 10.0 Å². The minimum Gasteiger partial charge on any atom is -0.468 e. The van der Waals surface area contributed by atoms with Crippen molar-refractivity contribution < 1.29 is 14.0 Å². The van der Waals surface area contributed by atoms with Gasteiger partial charge >= 0.3 is 0 Å². The molecule has 1 aliphatic rings. The van der Waals surface area contributed by atoms with E-state index in [1.54, 1.807) is 37.3 Å². The normalized spacial score (nSPS) is 15.1. The largest absolute Gasteiger partial charge is 0.468 e. The smallest absolute Gasteiger partial charge is 0.254 e. The van der Waals surface area contributed by atoms with Gasteiger partial charge in [0.2, 0.25) is 5.91 Å². The van der Waals surface area contributed by atoms with Gasteiger partial charge in [-0.25, -0.2) is 0 Å². The maximum atomic E-state index is 13.7. The number of benzene rings is 2. The van der Waals surface area contributed by atoms with Crippen LogP contribution in [0.15, 0.2) is 75.0 Å². The molecule has 0 aliphatic carbocycles. The molecule has 0 fully saturated rings. The Balaban J connectivity index is 1.61. The van der Waals surface area contributed by atoms with E-state index in [9.17, 15) is 14.9 Å². The number of carbonyl (C=O) groups is 2. The van der Waals surface area contributed by atoms with Gasteiger partial charge in [0.05, 0.1) is 55.9 Å². The second-order valence-electron chi connectivity index (χ2n) is 9.13. The molecule has 4 rings (SSSR count). The van der Waals surface area contributed by atoms with Crippen LogP contribution in [0.3, 0.4) is 0 Å². The lowest BCUT2D eigenvalue weighted by Gasteiger charge is -2.28. The molecule has 200 valence electrons. The van der Waals surface area contributed by atoms with Gasteiger partial charge in [-0.15, -0.1) is 0 Å². The van der Waals surface area contributed by atoms with Crippen molar-refractivity contribution in [3.8, 4) is 6.07 Å². The topological polar surface area (TPSA) is 107 Å². The molecule has 3 N–H and O–H groups in total. The van der Waals surface area contributed by atoms with E-state index in [4.69, 9.17) is 27.6 Å². The number of carbonyl (C=O) groups excluding carboxylic acids is 2. The summed E-state index contributed by atoms with van der Waals surface area (Å²) in [7, 11) is 0. The molecule has 3 aromatic rings. The van der Waals surface area contributed by atoms with E-state index >= 15 is 0 Å². The van der Waals surface area contributed by atoms with Gasteiger partial charge in [-0.05, 0) is 63.1 Å². The number of allylic oxidation sites excluding steroid dienone is 2. The van der Waals surface area contributed by atoms with E-state index < -0.39 is 5.92 Å². The second-order valence-corrected chi connectivity index (χ2v) is 10.9. The van der Waals surface area contributed by atoms with Gasteiger partial charge in [-0.1, -0.05) is 58.7 Å². The Morgan fingerprint density at radius 1 is 1.08 bits per heavy atom. The zero-order valence-corrected chi connectivity index (χ0v) is 24.1. The van der Waals surface area contributed by atoms with Crippen LogP contribution in [0.1, 0.15) is 35.3 Å². The summed E-state index contributed by atoms with van der Waals surface area (Å²) in [5.41, 5.74) is 5.29. The molecule has 2 amide bonds. The van der Waals surface area contributed by atoms with E-state index in [2.05, 4.69) is 22.0 Å². The molecule has 2 aromatic carbocycles. The molecule has 0 radical (unpaired) electrons. The maximum Gasteiger partial charge on any atom is 0.254 e. The summed E-state index contributed by atoms with van der Waals surface area (Å²) >= 11 is 13.4. The first-order chi connectivity index (χ1) is 18.6. The summed E-state index contributed by atoms with van der Waals surface area (Å²) in [6, 6.07) is 14.6. The molecule has 39 heavy (non-hydrogen) atoms. The van der Waals surface area contributed by atoms with Crippen LogP contribution in [0, 0.1) is 32.1 Å². The molecule has 1 aromatic heterocycles. The van der Waals surface area contributed by atoms with Gasteiger partial charge in [0.1, 0.15) is 5.76 Å². The molecule has 1 unspecified atom stereocenters. The number of anilines is 2. The van der Waals surface area contributed by atoms with Crippen LogP contribution < -0.4 is 16.0 Å². The SMILES string of the molecule is CC1=C(C(=O)Nc2c(C)cc(C)cc2C)C(c2ccco2)C(C#N)=C(SCC(=O)Nc2cccc(Cl)c2Cl)N1. The number of aryl methyl sites for hydroxylation is 3. The third-order valence-corrected chi connectivity index (χ3v) is 8.04. The van der Waals surface area contributed by atoms with Crippen LogP contribution in [-0.4, -0.2) is 17.6 Å². The highest BCUT2D eigenvalue weighted by atomic mass is 35.5. The zero-order chi connectivity index (χ0) is 28.3. The quantitative estimate of drug-likeness (QED) is 0.272. The number of nitrogens with one attached hydrogen (secondary N) is 3. The van der Waals surface area contributed by atoms with Gasteiger partial charge in [0.25, 0.3) is 5.91 Å². The van der Waals surface area contributed by atoms with Crippen LogP contribution in [0.4, 0.5) is 11.4 Å². The van der Waals surface area contributed by atoms with Crippen molar-refractivity contribution in [2.45, 2.75) is 33.6 Å². The highest BCUT2D eigenvalue weighted by molar-refractivity contribution is 8.03. The molecule has 10 heteroatoms. The van der Waals surface area contributed by atoms with Crippen LogP contribution >= 0.6 is 35.0 Å². The number of rotatable bonds is 7. The average Bonchev–Trinajstić information content (AvgIpc) is 3.42. The molecule has 7 nitrogen and oxygen atoms in total. The summed E-state index contributed by atoms with van der Waals surface area (Å²) in [6.07, 6.45) is 1.50. The van der Waals surface area contributed by atoms with E-state index in [-0.39, 0.29) is 28.2 Å². The summed E-state index contributed by atoms with van der Waals surface area (Å²) in [6.45, 7) is 7.65. The molecule has 2 heterocycles. The molecule has 0 saturated heterocycles. The minimum absolute atomic E-state index is 0.0161. The highest BCUT2D eigenvalue weighted by Gasteiger charge is 2.36. The number of nitriles is 1. The first-order valence-electron chi connectivity index (χ1n) is 12.0. The Kier molecular flexibility index (Phi) is 8.76. The Bertz CT molecular complexity index is 1530. The summed E-state index contributed by atoms with van der Waals surface area (Å²) in [4.78, 5) is 26.4. The van der Waals surface area contributed by atoms with Crippen molar-refractivity contribution in [2.24, 2.45) is 0 Å². The van der Waals surface area contributed by atoms with Crippen molar-refractivity contribution in [2.75, 3.05) is 16.4 Å². The number of furan rings is 1. The number of thioether (sulfide) groups is 1. The lowest BCUT2D eigenvalue weighted by molar-refractivity contribution is -0.114. The average molecular weight is 582 g/mol. The monoisotopic (exact) mass is 580 g/mol. The lowest BCUT2D eigenvalue weighted by atomic mass is 9.85. The fourth-order valence-corrected chi connectivity index (χ4v) is 5.79. The van der Waals surface area contributed by atoms with Gasteiger partial charge in [-0.3, -0.25) is 9.59 Å². The maximum absolute atomic E-state index is 13.7. The number of nitrogens with zero attached hydrogens (tertiary/aromatic N) is 1. The van der Waals surface area contributed by atoms with Gasteiger partial charge in [0, 0.05) is 11.4 Å². The first kappa shape index (κ1) is 28.4. The predicted octanol–water partition coefficient (Wildman–Crippen LogP) is 7.22. The summed E-state index contributed by atoms with van der Waals surface area (Å²) < 4.78 is 5.68. The van der Waals surface area contributed by atoms with Gasteiger partial charge < -0.3 is 20.4 Å². The molecule has 1 atom stereocenters. The zero-order valence-electron chi connectivity index (χ0n) is 21.7. The van der Waals surface area contributed by atoms with Crippen molar-refractivity contribution in [3.63, 3.8) is 0 Å². The molecule has 1 aliphatic heterocycles. The second kappa shape index (κ2) is 12.0. The fourth-order valence-electron chi connectivity index (χ4n) is 4.55. The number of hydrogen-bond donors (Lipinski definition) is 3. The standard InChI is InChI=1S/C29H26Cl2N4O3S/c1-15-11-16(2)27(17(3)12-15)35-28(37)24-18(4)33-29(19(13-32)25(24)22-9-6-10-38-22)39-14-23(36)34-21-8-5-7-20(30)26(21)31/h5-12,25,33H,14H2,1-4H3,(H,34,36)(H,35,37). The Morgan fingerprint density at radius 3 is 2.44 bits per heavy atom. The fraction of sp³-hybridized carbons (Fsp3) is 0.207. The van der Waals surface area contributed by atoms with Crippen LogP contribution in [-0.2, 0) is 9.59 Å². The third-order valence-electron chi connectivity index (χ3n) is 6.21. The molecular formula is C29H26Cl2N4O3S. The van der Waals surface area contributed by atoms with Crippen molar-refractivity contribution in [1.82, 2.24) is 5.32 Å². The van der Waals surface area contributed by atoms with Gasteiger partial charge in [0.15, 0.2) is 0 Å². The lowest BCUT2D eigenvalue weighted by Crippen LogP contribution is -2.31. The van der Waals surface area contributed by atoms with E-state index in [0.717, 1.165) is 34.1 Å². The predicted molar refractivity (Wildman–Crippen MR) is 157 cm³/mol. The highest BCUT2D eigenvalue weighted by Crippen LogP contribution is 2.41. The van der Waals surface area contributed by atoms with E-state index in [0.29, 0.717) is 32.8 Å². The summed E-state index contributed by atoms with van der Waals surface area (Å²) in [5, 5.41) is 20.2. The minimum atomic E-state index is -0.759. The molecule has 0 spiro atoms. The van der Waals surface area contributed by atoms with E-state index in [1.165, 1.54) is 6.26 Å². The molecule has 0 saturated carbocycles. The Hall–Kier alpha value is -3.64. The first-order valence-corrected chi connectivity index (χ1v) is 13.8. The van der Waals surface area contributed by atoms with Crippen LogP contribution in [0.25, 0.3) is 0 Å². The van der Waals surface area contributed by atoms with E-state index in [1.807, 2.05) is 32.9 Å². The van der Waals surface area contributed by atoms with Crippen molar-refractivity contribution in [3.05, 3.63) is 103 Å². The van der Waals surface area contributed by atoms with Gasteiger partial charge in [-0.2, -0.15) is 5.26 Å². The van der Waals surface area contributed by atoms with Crippen molar-refractivity contribution in [1.29, 1.82) is 5.26 Å². The number of hydrogen-bond acceptors (Lipinski definition) is 6. The Labute approximate surface area is 241 Å².